The Hall–Kier alpha value is -3.61. The van der Waals surface area contributed by atoms with Gasteiger partial charge in [0, 0.05) is 11.5 Å². The maximum absolute atomic E-state index is 12.9. The number of carbonyl (C=O) groups excluding carboxylic acids is 1. The summed E-state index contributed by atoms with van der Waals surface area (Å²) in [5.41, 5.74) is 2.84. The normalized spacial score (nSPS) is 12.2. The Labute approximate surface area is 167 Å². The van der Waals surface area contributed by atoms with Crippen LogP contribution in [0.15, 0.2) is 64.0 Å². The number of pyridine rings is 1. The Morgan fingerprint density at radius 2 is 1.93 bits per heavy atom. The second-order valence-electron chi connectivity index (χ2n) is 7.04. The lowest BCUT2D eigenvalue weighted by atomic mass is 10.1. The number of fused-ring (bicyclic) bond motifs is 1. The lowest BCUT2D eigenvalue weighted by Gasteiger charge is -2.18. The van der Waals surface area contributed by atoms with E-state index < -0.39 is 6.04 Å². The van der Waals surface area contributed by atoms with Crippen LogP contribution in [-0.2, 0) is 11.3 Å². The Morgan fingerprint density at radius 3 is 2.62 bits per heavy atom. The van der Waals surface area contributed by atoms with Crippen molar-refractivity contribution in [3.63, 3.8) is 0 Å². The van der Waals surface area contributed by atoms with Crippen LogP contribution in [0, 0.1) is 13.8 Å². The van der Waals surface area contributed by atoms with Crippen molar-refractivity contribution in [2.75, 3.05) is 0 Å². The molecule has 1 atom stereocenters. The number of carbonyl (C=O) groups is 1. The van der Waals surface area contributed by atoms with Gasteiger partial charge in [0.25, 0.3) is 5.56 Å². The fourth-order valence-electron chi connectivity index (χ4n) is 3.61. The monoisotopic (exact) mass is 390 g/mol. The number of aryl methyl sites for hydroxylation is 2. The molecule has 0 aliphatic heterocycles. The minimum absolute atomic E-state index is 0.243. The highest BCUT2D eigenvalue weighted by atomic mass is 16.3. The number of hydrogen-bond donors (Lipinski definition) is 1. The van der Waals surface area contributed by atoms with Crippen molar-refractivity contribution in [1.29, 1.82) is 0 Å². The highest BCUT2D eigenvalue weighted by molar-refractivity contribution is 5.87. The van der Waals surface area contributed by atoms with Crippen LogP contribution in [0.1, 0.15) is 30.0 Å². The topological polar surface area (TPSA) is 82.1 Å². The first-order valence-corrected chi connectivity index (χ1v) is 9.44. The van der Waals surface area contributed by atoms with Crippen LogP contribution in [0.25, 0.3) is 16.7 Å². The molecule has 3 aromatic heterocycles. The average Bonchev–Trinajstić information content (AvgIpc) is 3.34. The predicted octanol–water partition coefficient (Wildman–Crippen LogP) is 3.27. The molecule has 0 fully saturated rings. The summed E-state index contributed by atoms with van der Waals surface area (Å²) in [5.74, 6) is 0.379. The quantitative estimate of drug-likeness (QED) is 0.567. The van der Waals surface area contributed by atoms with E-state index in [9.17, 15) is 9.59 Å². The Bertz CT molecular complexity index is 1220. The van der Waals surface area contributed by atoms with E-state index in [-0.39, 0.29) is 18.0 Å². The third-order valence-corrected chi connectivity index (χ3v) is 5.02. The van der Waals surface area contributed by atoms with Gasteiger partial charge in [-0.05, 0) is 50.6 Å². The van der Waals surface area contributed by atoms with Crippen molar-refractivity contribution in [1.82, 2.24) is 19.7 Å². The molecule has 148 valence electrons. The molecule has 7 nitrogen and oxygen atoms in total. The van der Waals surface area contributed by atoms with Gasteiger partial charge in [0.05, 0.1) is 24.2 Å². The summed E-state index contributed by atoms with van der Waals surface area (Å²) in [6.45, 7) is 5.77. The van der Waals surface area contributed by atoms with E-state index >= 15 is 0 Å². The fourth-order valence-corrected chi connectivity index (χ4v) is 3.61. The van der Waals surface area contributed by atoms with Gasteiger partial charge in [-0.3, -0.25) is 14.2 Å². The summed E-state index contributed by atoms with van der Waals surface area (Å²) in [6, 6.07) is 14.0. The van der Waals surface area contributed by atoms with Crippen molar-refractivity contribution in [2.45, 2.75) is 33.4 Å². The van der Waals surface area contributed by atoms with Crippen LogP contribution >= 0.6 is 0 Å². The zero-order valence-corrected chi connectivity index (χ0v) is 16.5. The largest absolute Gasteiger partial charge is 0.467 e. The maximum Gasteiger partial charge on any atom is 0.253 e. The van der Waals surface area contributed by atoms with Gasteiger partial charge in [-0.2, -0.15) is 5.10 Å². The molecule has 3 heterocycles. The number of aromatic nitrogens is 3. The number of nitrogens with one attached hydrogen (secondary N) is 1. The number of rotatable bonds is 5. The third kappa shape index (κ3) is 3.35. The van der Waals surface area contributed by atoms with Gasteiger partial charge in [-0.25, -0.2) is 4.68 Å². The summed E-state index contributed by atoms with van der Waals surface area (Å²) >= 11 is 0. The van der Waals surface area contributed by atoms with Gasteiger partial charge in [-0.1, -0.05) is 18.2 Å². The van der Waals surface area contributed by atoms with Crippen molar-refractivity contribution in [2.24, 2.45) is 0 Å². The molecule has 4 rings (SSSR count). The van der Waals surface area contributed by atoms with Crippen LogP contribution in [0.3, 0.4) is 0 Å². The molecule has 29 heavy (non-hydrogen) atoms. The molecule has 0 aliphatic rings. The van der Waals surface area contributed by atoms with Crippen LogP contribution in [0.5, 0.6) is 0 Å². The molecule has 1 aromatic carbocycles. The summed E-state index contributed by atoms with van der Waals surface area (Å²) in [6.07, 6.45) is 1.56. The van der Waals surface area contributed by atoms with Crippen molar-refractivity contribution < 1.29 is 9.21 Å². The van der Waals surface area contributed by atoms with E-state index in [1.165, 1.54) is 4.57 Å². The van der Waals surface area contributed by atoms with Crippen molar-refractivity contribution >= 4 is 16.9 Å². The molecule has 1 N–H and O–H groups in total. The van der Waals surface area contributed by atoms with Crippen LogP contribution in [-0.4, -0.2) is 20.3 Å². The fraction of sp³-hybridized carbons (Fsp3) is 0.227. The molecule has 0 radical (unpaired) electrons. The molecule has 0 aliphatic carbocycles. The maximum atomic E-state index is 12.9. The summed E-state index contributed by atoms with van der Waals surface area (Å²) in [7, 11) is 0. The molecule has 1 amide bonds. The SMILES string of the molecule is Cc1cc(=O)n([C@H](C)C(=O)NCc2ccco2)c2c1c(C)nn2-c1ccccc1. The second-order valence-corrected chi connectivity index (χ2v) is 7.04. The number of hydrogen-bond acceptors (Lipinski definition) is 4. The first kappa shape index (κ1) is 18.7. The summed E-state index contributed by atoms with van der Waals surface area (Å²) in [5, 5.41) is 8.37. The third-order valence-electron chi connectivity index (χ3n) is 5.02. The van der Waals surface area contributed by atoms with Gasteiger partial charge in [0.1, 0.15) is 17.4 Å². The smallest absolute Gasteiger partial charge is 0.253 e. The first-order valence-electron chi connectivity index (χ1n) is 9.44. The molecule has 0 bridgehead atoms. The molecular formula is C22H22N4O3. The van der Waals surface area contributed by atoms with Gasteiger partial charge < -0.3 is 9.73 Å². The van der Waals surface area contributed by atoms with Crippen LogP contribution < -0.4 is 10.9 Å². The Kier molecular flexibility index (Phi) is 4.80. The standard InChI is InChI=1S/C22H22N4O3/c1-14-12-19(27)25(16(3)21(28)23-13-18-10-7-11-29-18)22-20(14)15(2)24-26(22)17-8-5-4-6-9-17/h4-12,16H,13H2,1-3H3,(H,23,28)/t16-/m1/s1. The van der Waals surface area contributed by atoms with E-state index in [1.807, 2.05) is 44.2 Å². The van der Waals surface area contributed by atoms with Crippen LogP contribution in [0.2, 0.25) is 0 Å². The zero-order chi connectivity index (χ0) is 20.5. The van der Waals surface area contributed by atoms with E-state index in [1.54, 1.807) is 36.1 Å². The molecule has 0 unspecified atom stereocenters. The average molecular weight is 390 g/mol. The van der Waals surface area contributed by atoms with Crippen LogP contribution in [0.4, 0.5) is 0 Å². The lowest BCUT2D eigenvalue weighted by Crippen LogP contribution is -2.36. The van der Waals surface area contributed by atoms with Gasteiger partial charge in [0.2, 0.25) is 5.91 Å². The minimum atomic E-state index is -0.723. The van der Waals surface area contributed by atoms with E-state index in [4.69, 9.17) is 4.42 Å². The molecule has 7 heteroatoms. The van der Waals surface area contributed by atoms with E-state index in [2.05, 4.69) is 10.4 Å². The molecule has 0 spiro atoms. The first-order chi connectivity index (χ1) is 14.0. The summed E-state index contributed by atoms with van der Waals surface area (Å²) in [4.78, 5) is 25.8. The number of nitrogens with zero attached hydrogens (tertiary/aromatic N) is 3. The van der Waals surface area contributed by atoms with Gasteiger partial charge in [0.15, 0.2) is 0 Å². The molecule has 4 aromatic rings. The van der Waals surface area contributed by atoms with E-state index in [0.717, 1.165) is 22.3 Å². The molecule has 0 saturated carbocycles. The Morgan fingerprint density at radius 1 is 1.17 bits per heavy atom. The second kappa shape index (κ2) is 7.43. The van der Waals surface area contributed by atoms with Gasteiger partial charge in [-0.15, -0.1) is 0 Å². The van der Waals surface area contributed by atoms with Gasteiger partial charge >= 0.3 is 0 Å². The number of amides is 1. The minimum Gasteiger partial charge on any atom is -0.467 e. The van der Waals surface area contributed by atoms with Crippen molar-refractivity contribution in [3.8, 4) is 5.69 Å². The highest BCUT2D eigenvalue weighted by Gasteiger charge is 2.24. The zero-order valence-electron chi connectivity index (χ0n) is 16.5. The molecular weight excluding hydrogens is 368 g/mol. The molecule has 0 saturated heterocycles. The lowest BCUT2D eigenvalue weighted by molar-refractivity contribution is -0.124. The van der Waals surface area contributed by atoms with E-state index in [0.29, 0.717) is 11.4 Å². The van der Waals surface area contributed by atoms with Crippen molar-refractivity contribution in [3.05, 3.63) is 82.2 Å². The Balaban J connectivity index is 1.83. The number of furan rings is 1. The number of benzene rings is 1. The summed E-state index contributed by atoms with van der Waals surface area (Å²) < 4.78 is 8.50. The predicted molar refractivity (Wildman–Crippen MR) is 110 cm³/mol. The highest BCUT2D eigenvalue weighted by Crippen LogP contribution is 2.25. The number of para-hydroxylation sites is 1.